The third kappa shape index (κ3) is 4.67. The summed E-state index contributed by atoms with van der Waals surface area (Å²) in [6, 6.07) is 10.7. The molecule has 0 bridgehead atoms. The molecule has 4 rings (SSSR count). The van der Waals surface area contributed by atoms with Gasteiger partial charge in [-0.05, 0) is 106 Å². The van der Waals surface area contributed by atoms with Crippen LogP contribution in [0.5, 0.6) is 0 Å². The van der Waals surface area contributed by atoms with Gasteiger partial charge in [-0.2, -0.15) is 0 Å². The monoisotopic (exact) mass is 404 g/mol. The van der Waals surface area contributed by atoms with Crippen molar-refractivity contribution in [3.63, 3.8) is 0 Å². The van der Waals surface area contributed by atoms with Crippen LogP contribution in [0.25, 0.3) is 0 Å². The molecule has 0 spiro atoms. The summed E-state index contributed by atoms with van der Waals surface area (Å²) in [5, 5.41) is 0. The fourth-order valence-corrected chi connectivity index (χ4v) is 5.39. The number of halogens is 2. The Morgan fingerprint density at radius 1 is 0.867 bits per heavy atom. The van der Waals surface area contributed by atoms with Gasteiger partial charge in [0.1, 0.15) is 11.6 Å². The minimum absolute atomic E-state index is 0.125. The van der Waals surface area contributed by atoms with Gasteiger partial charge < -0.3 is 0 Å². The second kappa shape index (κ2) is 9.17. The zero-order valence-corrected chi connectivity index (χ0v) is 17.9. The van der Waals surface area contributed by atoms with Gasteiger partial charge in [-0.25, -0.2) is 8.78 Å². The summed E-state index contributed by atoms with van der Waals surface area (Å²) in [5.41, 5.74) is 2.57. The van der Waals surface area contributed by atoms with Crippen molar-refractivity contribution in [1.82, 2.24) is 0 Å². The van der Waals surface area contributed by atoms with Crippen LogP contribution in [0.4, 0.5) is 8.78 Å². The maximum atomic E-state index is 14.8. The molecule has 2 fully saturated rings. The van der Waals surface area contributed by atoms with E-state index in [1.165, 1.54) is 37.8 Å². The number of hydrogen-bond donors (Lipinski definition) is 0. The molecule has 156 valence electrons. The van der Waals surface area contributed by atoms with Crippen molar-refractivity contribution in [2.24, 2.45) is 17.8 Å². The molecule has 2 heteroatoms. The lowest BCUT2D eigenvalue weighted by atomic mass is 9.64. The molecule has 0 nitrogen and oxygen atoms in total. The standard InChI is InChI=1S/C28H30F2/c1-3-4-21-9-11-23-16-24(13-12-22(23)15-21)25-17-27(29)26(28(30)18-25)14-10-20-7-5-19(2)6-8-20/h3-8,17-18,21-24H,9,11-13,15-16H2,1-2H3/b4-3+. The molecule has 2 aromatic rings. The molecule has 0 aliphatic heterocycles. The summed E-state index contributed by atoms with van der Waals surface area (Å²) in [5.74, 6) is 6.95. The normalized spacial score (nSPS) is 26.1. The first-order valence-electron chi connectivity index (χ1n) is 11.2. The first-order valence-corrected chi connectivity index (χ1v) is 11.2. The number of fused-ring (bicyclic) bond motifs is 1. The Morgan fingerprint density at radius 2 is 1.53 bits per heavy atom. The first kappa shape index (κ1) is 20.9. The molecule has 2 aliphatic rings. The minimum Gasteiger partial charge on any atom is -0.206 e. The largest absolute Gasteiger partial charge is 0.206 e. The van der Waals surface area contributed by atoms with E-state index >= 15 is 0 Å². The van der Waals surface area contributed by atoms with Gasteiger partial charge in [-0.1, -0.05) is 41.7 Å². The molecule has 2 saturated carbocycles. The highest BCUT2D eigenvalue weighted by Gasteiger charge is 2.35. The van der Waals surface area contributed by atoms with E-state index < -0.39 is 11.6 Å². The lowest BCUT2D eigenvalue weighted by Gasteiger charge is -2.41. The molecule has 4 unspecified atom stereocenters. The summed E-state index contributed by atoms with van der Waals surface area (Å²) in [4.78, 5) is 0. The Labute approximate surface area is 179 Å². The molecular formula is C28H30F2. The topological polar surface area (TPSA) is 0 Å². The Hall–Kier alpha value is -2.40. The highest BCUT2D eigenvalue weighted by Crippen LogP contribution is 2.48. The van der Waals surface area contributed by atoms with Crippen molar-refractivity contribution in [3.05, 3.63) is 82.4 Å². The molecule has 30 heavy (non-hydrogen) atoms. The van der Waals surface area contributed by atoms with Gasteiger partial charge in [-0.15, -0.1) is 0 Å². The van der Waals surface area contributed by atoms with Crippen molar-refractivity contribution >= 4 is 0 Å². The van der Waals surface area contributed by atoms with Crippen LogP contribution in [0, 0.1) is 48.2 Å². The van der Waals surface area contributed by atoms with Crippen LogP contribution in [0.3, 0.4) is 0 Å². The zero-order chi connectivity index (χ0) is 21.1. The number of benzene rings is 2. The third-order valence-corrected chi connectivity index (χ3v) is 7.04. The van der Waals surface area contributed by atoms with Gasteiger partial charge >= 0.3 is 0 Å². The average Bonchev–Trinajstić information content (AvgIpc) is 2.74. The van der Waals surface area contributed by atoms with Crippen molar-refractivity contribution < 1.29 is 8.78 Å². The van der Waals surface area contributed by atoms with Crippen LogP contribution in [0.1, 0.15) is 73.6 Å². The van der Waals surface area contributed by atoms with Gasteiger partial charge in [0.15, 0.2) is 0 Å². The number of allylic oxidation sites excluding steroid dienone is 2. The molecule has 4 atom stereocenters. The second-order valence-electron chi connectivity index (χ2n) is 9.10. The van der Waals surface area contributed by atoms with Gasteiger partial charge in [0.2, 0.25) is 0 Å². The number of hydrogen-bond acceptors (Lipinski definition) is 0. The SMILES string of the molecule is C/C=C/C1CCC2CC(c3cc(F)c(C#Cc4ccc(C)cc4)c(F)c3)CCC2C1. The number of aryl methyl sites for hydroxylation is 1. The zero-order valence-electron chi connectivity index (χ0n) is 17.9. The fraction of sp³-hybridized carbons (Fsp3) is 0.429. The van der Waals surface area contributed by atoms with Gasteiger partial charge in [0.25, 0.3) is 0 Å². The number of rotatable bonds is 2. The average molecular weight is 405 g/mol. The molecule has 0 radical (unpaired) electrons. The Bertz CT molecular complexity index is 951. The van der Waals surface area contributed by atoms with E-state index in [1.807, 2.05) is 31.2 Å². The van der Waals surface area contributed by atoms with Crippen LogP contribution >= 0.6 is 0 Å². The van der Waals surface area contributed by atoms with Crippen LogP contribution in [0.2, 0.25) is 0 Å². The van der Waals surface area contributed by atoms with Crippen LogP contribution in [-0.2, 0) is 0 Å². The molecule has 0 heterocycles. The van der Waals surface area contributed by atoms with Crippen molar-refractivity contribution in [1.29, 1.82) is 0 Å². The van der Waals surface area contributed by atoms with E-state index in [0.29, 0.717) is 11.8 Å². The highest BCUT2D eigenvalue weighted by atomic mass is 19.1. The molecule has 0 saturated heterocycles. The van der Waals surface area contributed by atoms with E-state index in [4.69, 9.17) is 0 Å². The summed E-state index contributed by atoms with van der Waals surface area (Å²) < 4.78 is 29.5. The predicted octanol–water partition coefficient (Wildman–Crippen LogP) is 7.55. The van der Waals surface area contributed by atoms with E-state index in [-0.39, 0.29) is 11.5 Å². The van der Waals surface area contributed by atoms with Crippen LogP contribution < -0.4 is 0 Å². The van der Waals surface area contributed by atoms with E-state index in [2.05, 4.69) is 30.9 Å². The second-order valence-corrected chi connectivity index (χ2v) is 9.10. The lowest BCUT2D eigenvalue weighted by Crippen LogP contribution is -2.30. The Kier molecular flexibility index (Phi) is 6.38. The van der Waals surface area contributed by atoms with Crippen molar-refractivity contribution in [2.75, 3.05) is 0 Å². The quantitative estimate of drug-likeness (QED) is 0.358. The highest BCUT2D eigenvalue weighted by molar-refractivity contribution is 5.46. The van der Waals surface area contributed by atoms with Gasteiger partial charge in [0, 0.05) is 5.56 Å². The van der Waals surface area contributed by atoms with E-state index in [0.717, 1.165) is 35.4 Å². The smallest absolute Gasteiger partial charge is 0.142 e. The molecule has 2 aromatic carbocycles. The summed E-state index contributed by atoms with van der Waals surface area (Å²) in [7, 11) is 0. The minimum atomic E-state index is -0.538. The Balaban J connectivity index is 1.48. The van der Waals surface area contributed by atoms with E-state index in [1.54, 1.807) is 0 Å². The van der Waals surface area contributed by atoms with Crippen LogP contribution in [-0.4, -0.2) is 0 Å². The maximum absolute atomic E-state index is 14.8. The van der Waals surface area contributed by atoms with Gasteiger partial charge in [0.05, 0.1) is 5.56 Å². The van der Waals surface area contributed by atoms with E-state index in [9.17, 15) is 8.78 Å². The predicted molar refractivity (Wildman–Crippen MR) is 119 cm³/mol. The molecule has 0 aromatic heterocycles. The lowest BCUT2D eigenvalue weighted by molar-refractivity contribution is 0.133. The molecule has 0 amide bonds. The Morgan fingerprint density at radius 3 is 2.23 bits per heavy atom. The first-order chi connectivity index (χ1) is 14.5. The fourth-order valence-electron chi connectivity index (χ4n) is 5.39. The van der Waals surface area contributed by atoms with Gasteiger partial charge in [-0.3, -0.25) is 0 Å². The third-order valence-electron chi connectivity index (χ3n) is 7.04. The maximum Gasteiger partial charge on any atom is 0.142 e. The van der Waals surface area contributed by atoms with Crippen molar-refractivity contribution in [3.8, 4) is 11.8 Å². The molecular weight excluding hydrogens is 374 g/mol. The summed E-state index contributed by atoms with van der Waals surface area (Å²) in [6.45, 7) is 4.09. The summed E-state index contributed by atoms with van der Waals surface area (Å²) in [6.07, 6.45) is 11.5. The van der Waals surface area contributed by atoms with Crippen LogP contribution in [0.15, 0.2) is 48.6 Å². The van der Waals surface area contributed by atoms with Crippen molar-refractivity contribution in [2.45, 2.75) is 58.3 Å². The summed E-state index contributed by atoms with van der Waals surface area (Å²) >= 11 is 0. The molecule has 2 aliphatic carbocycles. The molecule has 0 N–H and O–H groups in total.